The summed E-state index contributed by atoms with van der Waals surface area (Å²) in [5, 5.41) is 7.77. The molecule has 0 amide bonds. The van der Waals surface area contributed by atoms with Gasteiger partial charge in [0.15, 0.2) is 0 Å². The van der Waals surface area contributed by atoms with Crippen LogP contribution in [0.1, 0.15) is 0 Å². The number of fused-ring (bicyclic) bond motifs is 7. The van der Waals surface area contributed by atoms with Gasteiger partial charge in [-0.15, -0.1) is 22.7 Å². The lowest BCUT2D eigenvalue weighted by atomic mass is 9.97. The molecule has 55 heavy (non-hydrogen) atoms. The monoisotopic (exact) mass is 735 g/mol. The molecule has 0 spiro atoms. The van der Waals surface area contributed by atoms with Crippen molar-refractivity contribution in [3.63, 3.8) is 0 Å². The largest absolute Gasteiger partial charge is 0.310 e. The van der Waals surface area contributed by atoms with Gasteiger partial charge in [0.25, 0.3) is 0 Å². The molecule has 0 aliphatic carbocycles. The van der Waals surface area contributed by atoms with Crippen LogP contribution in [0.4, 0.5) is 17.1 Å². The van der Waals surface area contributed by atoms with Crippen LogP contribution in [0, 0.1) is 0 Å². The third-order valence-electron chi connectivity index (χ3n) is 10.9. The number of rotatable bonds is 6. The fourth-order valence-electron chi connectivity index (χ4n) is 8.23. The molecule has 0 N–H and O–H groups in total. The van der Waals surface area contributed by atoms with Gasteiger partial charge >= 0.3 is 0 Å². The Balaban J connectivity index is 1.05. The SMILES string of the molecule is c1cc(-c2ccc3sc4ccccc4c3c2)cc(N(c2ccc(-c3cccc4c3sc3ccccc34)cc2)c2cccc(-c3cccc4ccccc34)c2)c1. The number of anilines is 3. The minimum absolute atomic E-state index is 1.11. The van der Waals surface area contributed by atoms with Crippen molar-refractivity contribution in [3.05, 3.63) is 200 Å². The zero-order chi connectivity index (χ0) is 36.3. The van der Waals surface area contributed by atoms with Crippen molar-refractivity contribution in [2.45, 2.75) is 0 Å². The number of hydrogen-bond acceptors (Lipinski definition) is 3. The molecule has 9 aromatic carbocycles. The Kier molecular flexibility index (Phi) is 7.61. The van der Waals surface area contributed by atoms with Crippen molar-refractivity contribution in [1.29, 1.82) is 0 Å². The summed E-state index contributed by atoms with van der Waals surface area (Å²) in [6, 6.07) is 73.5. The summed E-state index contributed by atoms with van der Waals surface area (Å²) >= 11 is 3.74. The summed E-state index contributed by atoms with van der Waals surface area (Å²) in [5.41, 5.74) is 10.7. The van der Waals surface area contributed by atoms with Crippen LogP contribution >= 0.6 is 22.7 Å². The zero-order valence-electron chi connectivity index (χ0n) is 29.8. The van der Waals surface area contributed by atoms with E-state index in [4.69, 9.17) is 0 Å². The average molecular weight is 736 g/mol. The van der Waals surface area contributed by atoms with E-state index < -0.39 is 0 Å². The maximum Gasteiger partial charge on any atom is 0.0467 e. The Bertz CT molecular complexity index is 3220. The van der Waals surface area contributed by atoms with Crippen molar-refractivity contribution in [3.8, 4) is 33.4 Å². The molecule has 2 aromatic heterocycles. The number of thiophene rings is 2. The second-order valence-electron chi connectivity index (χ2n) is 14.1. The minimum atomic E-state index is 1.11. The molecular weight excluding hydrogens is 703 g/mol. The first kappa shape index (κ1) is 32.0. The standard InChI is InChI=1S/C52H33NS2/c1-2-17-42-34(11-1)12-9-20-43(42)38-14-8-16-41(32-38)53(39-28-25-35(26-29-39)44-21-10-22-47-45-18-3-6-24-50(45)55-52(44)47)40-15-7-13-36(31-40)37-27-30-51-48(33-37)46-19-4-5-23-49(46)54-51/h1-33H. The van der Waals surface area contributed by atoms with Gasteiger partial charge in [-0.3, -0.25) is 0 Å². The average Bonchev–Trinajstić information content (AvgIpc) is 3.82. The van der Waals surface area contributed by atoms with Gasteiger partial charge in [-0.05, 0) is 105 Å². The first-order valence-electron chi connectivity index (χ1n) is 18.7. The van der Waals surface area contributed by atoms with E-state index >= 15 is 0 Å². The zero-order valence-corrected chi connectivity index (χ0v) is 31.4. The van der Waals surface area contributed by atoms with Gasteiger partial charge < -0.3 is 4.90 Å². The summed E-state index contributed by atoms with van der Waals surface area (Å²) in [6.07, 6.45) is 0. The maximum atomic E-state index is 2.40. The highest BCUT2D eigenvalue weighted by atomic mass is 32.1. The Labute approximate surface area is 327 Å². The van der Waals surface area contributed by atoms with Crippen LogP contribution in [-0.4, -0.2) is 0 Å². The van der Waals surface area contributed by atoms with E-state index in [2.05, 4.69) is 205 Å². The van der Waals surface area contributed by atoms with Crippen LogP contribution in [0.25, 0.3) is 84.5 Å². The van der Waals surface area contributed by atoms with Crippen molar-refractivity contribution >= 4 is 90.9 Å². The summed E-state index contributed by atoms with van der Waals surface area (Å²) < 4.78 is 5.30. The second kappa shape index (κ2) is 13.1. The van der Waals surface area contributed by atoms with E-state index in [1.54, 1.807) is 0 Å². The van der Waals surface area contributed by atoms with E-state index in [0.717, 1.165) is 17.1 Å². The normalized spacial score (nSPS) is 11.6. The van der Waals surface area contributed by atoms with Crippen molar-refractivity contribution < 1.29 is 0 Å². The van der Waals surface area contributed by atoms with Crippen molar-refractivity contribution in [1.82, 2.24) is 0 Å². The molecule has 0 saturated carbocycles. The molecule has 0 aliphatic heterocycles. The Morgan fingerprint density at radius 3 is 1.65 bits per heavy atom. The summed E-state index contributed by atoms with van der Waals surface area (Å²) in [6.45, 7) is 0. The molecule has 11 rings (SSSR count). The lowest BCUT2D eigenvalue weighted by molar-refractivity contribution is 1.28. The van der Waals surface area contributed by atoms with Gasteiger partial charge in [-0.2, -0.15) is 0 Å². The van der Waals surface area contributed by atoms with Crippen LogP contribution < -0.4 is 4.90 Å². The van der Waals surface area contributed by atoms with Crippen LogP contribution in [0.3, 0.4) is 0 Å². The van der Waals surface area contributed by atoms with Gasteiger partial charge in [-0.25, -0.2) is 0 Å². The quantitative estimate of drug-likeness (QED) is 0.164. The first-order valence-corrected chi connectivity index (χ1v) is 20.3. The maximum absolute atomic E-state index is 2.40. The highest BCUT2D eigenvalue weighted by Gasteiger charge is 2.17. The number of benzene rings is 9. The van der Waals surface area contributed by atoms with Gasteiger partial charge in [0, 0.05) is 57.4 Å². The van der Waals surface area contributed by atoms with Gasteiger partial charge in [-0.1, -0.05) is 140 Å². The fraction of sp³-hybridized carbons (Fsp3) is 0. The highest BCUT2D eigenvalue weighted by Crippen LogP contribution is 2.43. The van der Waals surface area contributed by atoms with Crippen LogP contribution in [-0.2, 0) is 0 Å². The Hall–Kier alpha value is -6.52. The molecule has 0 saturated heterocycles. The highest BCUT2D eigenvalue weighted by molar-refractivity contribution is 7.26. The topological polar surface area (TPSA) is 3.24 Å². The predicted octanol–water partition coefficient (Wildman–Crippen LogP) is 16.0. The van der Waals surface area contributed by atoms with Gasteiger partial charge in [0.1, 0.15) is 0 Å². The molecule has 2 heterocycles. The number of hydrogen-bond donors (Lipinski definition) is 0. The smallest absolute Gasteiger partial charge is 0.0467 e. The molecule has 0 unspecified atom stereocenters. The third kappa shape index (κ3) is 5.51. The lowest BCUT2D eigenvalue weighted by Gasteiger charge is -2.27. The van der Waals surface area contributed by atoms with Crippen LogP contribution in [0.2, 0.25) is 0 Å². The third-order valence-corrected chi connectivity index (χ3v) is 13.2. The molecule has 0 radical (unpaired) electrons. The minimum Gasteiger partial charge on any atom is -0.310 e. The van der Waals surface area contributed by atoms with E-state index in [9.17, 15) is 0 Å². The molecule has 3 heteroatoms. The van der Waals surface area contributed by atoms with Crippen LogP contribution in [0.5, 0.6) is 0 Å². The summed E-state index contributed by atoms with van der Waals surface area (Å²) in [7, 11) is 0. The van der Waals surface area contributed by atoms with Crippen LogP contribution in [0.15, 0.2) is 200 Å². The lowest BCUT2D eigenvalue weighted by Crippen LogP contribution is -2.10. The van der Waals surface area contributed by atoms with E-state index in [1.807, 2.05) is 22.7 Å². The van der Waals surface area contributed by atoms with Gasteiger partial charge in [0.05, 0.1) is 0 Å². The molecule has 1 nitrogen and oxygen atoms in total. The molecule has 0 bridgehead atoms. The van der Waals surface area contributed by atoms with E-state index in [1.165, 1.54) is 84.5 Å². The Morgan fingerprint density at radius 2 is 0.836 bits per heavy atom. The number of nitrogens with zero attached hydrogens (tertiary/aromatic N) is 1. The molecule has 0 atom stereocenters. The van der Waals surface area contributed by atoms with E-state index in [0.29, 0.717) is 0 Å². The summed E-state index contributed by atoms with van der Waals surface area (Å²) in [4.78, 5) is 2.40. The van der Waals surface area contributed by atoms with Crippen molar-refractivity contribution in [2.24, 2.45) is 0 Å². The fourth-order valence-corrected chi connectivity index (χ4v) is 10.6. The summed E-state index contributed by atoms with van der Waals surface area (Å²) in [5.74, 6) is 0. The second-order valence-corrected chi connectivity index (χ2v) is 16.2. The molecular formula is C52H33NS2. The molecule has 0 fully saturated rings. The van der Waals surface area contributed by atoms with Gasteiger partial charge in [0.2, 0.25) is 0 Å². The first-order chi connectivity index (χ1) is 27.2. The Morgan fingerprint density at radius 1 is 0.291 bits per heavy atom. The van der Waals surface area contributed by atoms with E-state index in [-0.39, 0.29) is 0 Å². The molecule has 11 aromatic rings. The predicted molar refractivity (Wildman–Crippen MR) is 241 cm³/mol. The van der Waals surface area contributed by atoms with Crippen molar-refractivity contribution in [2.75, 3.05) is 4.90 Å². The molecule has 0 aliphatic rings. The molecule has 258 valence electrons.